The fourth-order valence-electron chi connectivity index (χ4n) is 4.74. The van der Waals surface area contributed by atoms with Crippen LogP contribution in [-0.2, 0) is 4.74 Å². The second-order valence-corrected chi connectivity index (χ2v) is 8.74. The molecule has 0 bridgehead atoms. The molecule has 0 atom stereocenters. The second kappa shape index (κ2) is 10.9. The Bertz CT molecular complexity index is 341. The number of ether oxygens (including phenoxy) is 1. The van der Waals surface area contributed by atoms with Gasteiger partial charge in [-0.3, -0.25) is 4.90 Å². The van der Waals surface area contributed by atoms with E-state index in [1.807, 2.05) is 0 Å². The van der Waals surface area contributed by atoms with Crippen molar-refractivity contribution < 1.29 is 4.74 Å². The molecule has 0 spiro atoms. The Labute approximate surface area is 156 Å². The normalized spacial score (nSPS) is 30.0. The number of methoxy groups -OCH3 is 1. The van der Waals surface area contributed by atoms with Gasteiger partial charge in [-0.1, -0.05) is 13.3 Å². The van der Waals surface area contributed by atoms with E-state index in [1.165, 1.54) is 77.9 Å². The monoisotopic (exact) mass is 353 g/mol. The van der Waals surface area contributed by atoms with Crippen LogP contribution in [0.2, 0.25) is 0 Å². The summed E-state index contributed by atoms with van der Waals surface area (Å²) in [6, 6.07) is 1.65. The van der Waals surface area contributed by atoms with Crippen molar-refractivity contribution in [2.24, 2.45) is 11.8 Å². The molecule has 0 aromatic carbocycles. The SMILES string of the molecule is CCC1CCC(N2CCN(CC3CN(C(C)C)C3)CC2)CC1.COC. The van der Waals surface area contributed by atoms with Gasteiger partial charge in [-0.25, -0.2) is 0 Å². The number of rotatable bonds is 5. The number of hydrogen-bond donors (Lipinski definition) is 0. The summed E-state index contributed by atoms with van der Waals surface area (Å²) in [6.07, 6.45) is 7.28. The molecule has 2 heterocycles. The maximum Gasteiger partial charge on any atom is 0.0351 e. The number of likely N-dealkylation sites (tertiary alicyclic amines) is 1. The molecule has 25 heavy (non-hydrogen) atoms. The highest BCUT2D eigenvalue weighted by atomic mass is 16.4. The van der Waals surface area contributed by atoms with Crippen molar-refractivity contribution in [3.63, 3.8) is 0 Å². The predicted octanol–water partition coefficient (Wildman–Crippen LogP) is 3.18. The molecule has 2 saturated heterocycles. The van der Waals surface area contributed by atoms with Gasteiger partial charge >= 0.3 is 0 Å². The maximum atomic E-state index is 4.25. The van der Waals surface area contributed by atoms with E-state index in [9.17, 15) is 0 Å². The van der Waals surface area contributed by atoms with Gasteiger partial charge in [0, 0.05) is 72.1 Å². The summed E-state index contributed by atoms with van der Waals surface area (Å²) in [5.41, 5.74) is 0. The lowest BCUT2D eigenvalue weighted by molar-refractivity contribution is 0.0172. The smallest absolute Gasteiger partial charge is 0.0351 e. The molecule has 0 amide bonds. The van der Waals surface area contributed by atoms with Gasteiger partial charge in [0.05, 0.1) is 0 Å². The van der Waals surface area contributed by atoms with Gasteiger partial charge < -0.3 is 14.5 Å². The number of hydrogen-bond acceptors (Lipinski definition) is 4. The van der Waals surface area contributed by atoms with Gasteiger partial charge in [-0.05, 0) is 51.4 Å². The zero-order valence-corrected chi connectivity index (χ0v) is 17.5. The molecule has 0 aromatic rings. The van der Waals surface area contributed by atoms with E-state index in [0.29, 0.717) is 0 Å². The van der Waals surface area contributed by atoms with Crippen molar-refractivity contribution in [3.05, 3.63) is 0 Å². The molecule has 3 fully saturated rings. The standard InChI is InChI=1S/C19H37N3.C2H6O/c1-4-17-5-7-19(8-6-17)21-11-9-20(10-12-21)13-18-14-22(15-18)16(2)3;1-3-2/h16-19H,4-15H2,1-3H3;1-2H3. The lowest BCUT2D eigenvalue weighted by atomic mass is 9.84. The van der Waals surface area contributed by atoms with E-state index in [2.05, 4.69) is 40.2 Å². The topological polar surface area (TPSA) is 19.0 Å². The third-order valence-electron chi connectivity index (χ3n) is 6.55. The predicted molar refractivity (Wildman–Crippen MR) is 107 cm³/mol. The van der Waals surface area contributed by atoms with Crippen LogP contribution >= 0.6 is 0 Å². The van der Waals surface area contributed by atoms with Crippen LogP contribution in [0.25, 0.3) is 0 Å². The minimum Gasteiger partial charge on any atom is -0.388 e. The number of piperazine rings is 1. The summed E-state index contributed by atoms with van der Waals surface area (Å²) in [4.78, 5) is 8.15. The average molecular weight is 354 g/mol. The molecule has 0 unspecified atom stereocenters. The quantitative estimate of drug-likeness (QED) is 0.755. The Morgan fingerprint density at radius 3 is 1.92 bits per heavy atom. The Morgan fingerprint density at radius 1 is 0.880 bits per heavy atom. The van der Waals surface area contributed by atoms with Gasteiger partial charge in [-0.15, -0.1) is 0 Å². The van der Waals surface area contributed by atoms with Gasteiger partial charge in [0.15, 0.2) is 0 Å². The van der Waals surface area contributed by atoms with E-state index < -0.39 is 0 Å². The molecular weight excluding hydrogens is 310 g/mol. The summed E-state index contributed by atoms with van der Waals surface area (Å²) in [6.45, 7) is 16.3. The van der Waals surface area contributed by atoms with Crippen molar-refractivity contribution in [2.75, 3.05) is 60.0 Å². The van der Waals surface area contributed by atoms with Crippen LogP contribution in [0.15, 0.2) is 0 Å². The van der Waals surface area contributed by atoms with Gasteiger partial charge in [-0.2, -0.15) is 0 Å². The first-order valence-electron chi connectivity index (χ1n) is 10.7. The molecule has 148 valence electrons. The Morgan fingerprint density at radius 2 is 1.44 bits per heavy atom. The van der Waals surface area contributed by atoms with E-state index >= 15 is 0 Å². The molecule has 4 nitrogen and oxygen atoms in total. The van der Waals surface area contributed by atoms with Crippen molar-refractivity contribution in [2.45, 2.75) is 65.0 Å². The van der Waals surface area contributed by atoms with Crippen molar-refractivity contribution in [1.82, 2.24) is 14.7 Å². The Hall–Kier alpha value is -0.160. The Kier molecular flexibility index (Phi) is 9.18. The molecule has 3 rings (SSSR count). The highest BCUT2D eigenvalue weighted by Crippen LogP contribution is 2.30. The molecule has 0 radical (unpaired) electrons. The summed E-state index contributed by atoms with van der Waals surface area (Å²) in [5.74, 6) is 1.97. The average Bonchev–Trinajstić information content (AvgIpc) is 2.59. The van der Waals surface area contributed by atoms with Gasteiger partial charge in [0.1, 0.15) is 0 Å². The van der Waals surface area contributed by atoms with E-state index in [-0.39, 0.29) is 0 Å². The second-order valence-electron chi connectivity index (χ2n) is 8.74. The minimum absolute atomic E-state index is 0.742. The first kappa shape index (κ1) is 21.1. The zero-order valence-electron chi connectivity index (χ0n) is 17.5. The van der Waals surface area contributed by atoms with E-state index in [1.54, 1.807) is 14.2 Å². The molecule has 4 heteroatoms. The molecule has 1 saturated carbocycles. The van der Waals surface area contributed by atoms with Crippen LogP contribution in [0.1, 0.15) is 52.9 Å². The third kappa shape index (κ3) is 6.50. The van der Waals surface area contributed by atoms with Crippen molar-refractivity contribution in [3.8, 4) is 0 Å². The molecule has 0 aromatic heterocycles. The summed E-state index contributed by atoms with van der Waals surface area (Å²) in [7, 11) is 3.25. The van der Waals surface area contributed by atoms with Gasteiger partial charge in [0.25, 0.3) is 0 Å². The fraction of sp³-hybridized carbons (Fsp3) is 1.00. The molecule has 3 aliphatic rings. The summed E-state index contributed by atoms with van der Waals surface area (Å²) >= 11 is 0. The van der Waals surface area contributed by atoms with Crippen LogP contribution in [-0.4, -0.2) is 86.8 Å². The third-order valence-corrected chi connectivity index (χ3v) is 6.55. The Balaban J connectivity index is 0.000000701. The van der Waals surface area contributed by atoms with Crippen LogP contribution in [0, 0.1) is 11.8 Å². The van der Waals surface area contributed by atoms with E-state index in [0.717, 1.165) is 23.9 Å². The highest BCUT2D eigenvalue weighted by molar-refractivity contribution is 4.87. The lowest BCUT2D eigenvalue weighted by Gasteiger charge is -2.46. The molecule has 1 aliphatic carbocycles. The largest absolute Gasteiger partial charge is 0.388 e. The van der Waals surface area contributed by atoms with Crippen LogP contribution < -0.4 is 0 Å². The summed E-state index contributed by atoms with van der Waals surface area (Å²) < 4.78 is 4.25. The van der Waals surface area contributed by atoms with Crippen molar-refractivity contribution in [1.29, 1.82) is 0 Å². The van der Waals surface area contributed by atoms with Gasteiger partial charge in [0.2, 0.25) is 0 Å². The van der Waals surface area contributed by atoms with E-state index in [4.69, 9.17) is 0 Å². The van der Waals surface area contributed by atoms with Crippen LogP contribution in [0.4, 0.5) is 0 Å². The maximum absolute atomic E-state index is 4.25. The molecule has 2 aliphatic heterocycles. The first-order valence-corrected chi connectivity index (χ1v) is 10.7. The highest BCUT2D eigenvalue weighted by Gasteiger charge is 2.32. The fourth-order valence-corrected chi connectivity index (χ4v) is 4.74. The number of nitrogens with zero attached hydrogens (tertiary/aromatic N) is 3. The first-order chi connectivity index (χ1) is 12.1. The lowest BCUT2D eigenvalue weighted by Crippen LogP contribution is -2.57. The van der Waals surface area contributed by atoms with Crippen LogP contribution in [0.5, 0.6) is 0 Å². The molecule has 0 N–H and O–H groups in total. The van der Waals surface area contributed by atoms with Crippen molar-refractivity contribution >= 4 is 0 Å². The van der Waals surface area contributed by atoms with Crippen LogP contribution in [0.3, 0.4) is 0 Å². The summed E-state index contributed by atoms with van der Waals surface area (Å²) in [5, 5.41) is 0. The minimum atomic E-state index is 0.742. The molecular formula is C21H43N3O. The zero-order chi connectivity index (χ0) is 18.2.